The average Bonchev–Trinajstić information content (AvgIpc) is 3.38. The molecule has 0 radical (unpaired) electrons. The largest absolute Gasteiger partial charge is 0.337 e. The molecule has 1 aliphatic carbocycles. The van der Waals surface area contributed by atoms with E-state index >= 15 is 0 Å². The van der Waals surface area contributed by atoms with E-state index in [1.807, 2.05) is 17.2 Å². The molecule has 2 heterocycles. The zero-order valence-corrected chi connectivity index (χ0v) is 12.3. The molecule has 1 aromatic heterocycles. The number of aromatic nitrogens is 2. The fourth-order valence-electron chi connectivity index (χ4n) is 2.49. The number of hydrogen-bond acceptors (Lipinski definition) is 4. The predicted octanol–water partition coefficient (Wildman–Crippen LogP) is 1.62. The van der Waals surface area contributed by atoms with E-state index in [9.17, 15) is 4.79 Å². The fourth-order valence-corrected chi connectivity index (χ4v) is 2.49. The maximum atomic E-state index is 12.1. The van der Waals surface area contributed by atoms with Crippen LogP contribution in [0, 0.1) is 5.92 Å². The highest BCUT2D eigenvalue weighted by atomic mass is 16.2. The maximum Gasteiger partial charge on any atom is 0.321 e. The van der Waals surface area contributed by atoms with E-state index in [1.165, 1.54) is 18.4 Å². The van der Waals surface area contributed by atoms with Gasteiger partial charge in [0.1, 0.15) is 0 Å². The summed E-state index contributed by atoms with van der Waals surface area (Å²) in [6, 6.07) is 1.80. The van der Waals surface area contributed by atoms with Crippen LogP contribution in [0.1, 0.15) is 19.8 Å². The molecule has 0 spiro atoms. The van der Waals surface area contributed by atoms with E-state index in [0.29, 0.717) is 19.0 Å². The summed E-state index contributed by atoms with van der Waals surface area (Å²) in [5, 5.41) is 2.90. The zero-order valence-electron chi connectivity index (χ0n) is 12.3. The van der Waals surface area contributed by atoms with Crippen LogP contribution in [0.15, 0.2) is 30.2 Å². The molecule has 1 aromatic rings. The molecule has 0 atom stereocenters. The quantitative estimate of drug-likeness (QED) is 0.917. The van der Waals surface area contributed by atoms with Crippen molar-refractivity contribution in [3.63, 3.8) is 0 Å². The summed E-state index contributed by atoms with van der Waals surface area (Å²) >= 11 is 0. The first-order valence-electron chi connectivity index (χ1n) is 7.48. The molecule has 0 unspecified atom stereocenters. The summed E-state index contributed by atoms with van der Waals surface area (Å²) in [6.45, 7) is 5.01. The second-order valence-corrected chi connectivity index (χ2v) is 5.64. The number of allylic oxidation sites excluding steroid dienone is 1. The average molecular weight is 287 g/mol. The highest BCUT2D eigenvalue weighted by Crippen LogP contribution is 2.35. The van der Waals surface area contributed by atoms with Crippen LogP contribution in [0.25, 0.3) is 0 Å². The number of nitrogens with one attached hydrogen (secondary N) is 1. The summed E-state index contributed by atoms with van der Waals surface area (Å²) in [5.41, 5.74) is 1.28. The lowest BCUT2D eigenvalue weighted by Gasteiger charge is -2.34. The topological polar surface area (TPSA) is 61.4 Å². The Morgan fingerprint density at radius 2 is 1.90 bits per heavy atom. The van der Waals surface area contributed by atoms with Crippen molar-refractivity contribution in [3.05, 3.63) is 30.2 Å². The Kier molecular flexibility index (Phi) is 4.03. The first kappa shape index (κ1) is 13.9. The summed E-state index contributed by atoms with van der Waals surface area (Å²) in [4.78, 5) is 24.5. The van der Waals surface area contributed by atoms with Crippen molar-refractivity contribution in [1.82, 2.24) is 20.2 Å². The molecule has 2 fully saturated rings. The lowest BCUT2D eigenvalue weighted by atomic mass is 10.2. The molecular formula is C15H21N5O. The second-order valence-electron chi connectivity index (χ2n) is 5.64. The van der Waals surface area contributed by atoms with Gasteiger partial charge in [0.2, 0.25) is 5.95 Å². The van der Waals surface area contributed by atoms with Crippen LogP contribution < -0.4 is 10.2 Å². The molecule has 1 saturated heterocycles. The Bertz CT molecular complexity index is 518. The third kappa shape index (κ3) is 3.51. The number of carbonyl (C=O) groups is 1. The van der Waals surface area contributed by atoms with Crippen molar-refractivity contribution in [3.8, 4) is 0 Å². The van der Waals surface area contributed by atoms with Gasteiger partial charge < -0.3 is 15.1 Å². The second kappa shape index (κ2) is 6.11. The standard InChI is InChI=1S/C15H21N5O/c1-12(13-3-4-13)11-18-15(21)20-9-7-19(8-10-20)14-16-5-2-6-17-14/h2,5-6,11,13H,3-4,7-10H2,1H3,(H,18,21)/b12-11+. The van der Waals surface area contributed by atoms with E-state index in [1.54, 1.807) is 12.4 Å². The molecular weight excluding hydrogens is 266 g/mol. The number of amides is 2. The molecule has 21 heavy (non-hydrogen) atoms. The normalized spacial score (nSPS) is 19.6. The molecule has 0 aromatic carbocycles. The monoisotopic (exact) mass is 287 g/mol. The number of nitrogens with zero attached hydrogens (tertiary/aromatic N) is 4. The van der Waals surface area contributed by atoms with Gasteiger partial charge in [0.25, 0.3) is 0 Å². The molecule has 2 aliphatic rings. The van der Waals surface area contributed by atoms with Gasteiger partial charge in [-0.1, -0.05) is 5.57 Å². The number of carbonyl (C=O) groups excluding carboxylic acids is 1. The number of hydrogen-bond donors (Lipinski definition) is 1. The number of urea groups is 1. The first-order valence-corrected chi connectivity index (χ1v) is 7.48. The molecule has 1 aliphatic heterocycles. The highest BCUT2D eigenvalue weighted by molar-refractivity contribution is 5.75. The van der Waals surface area contributed by atoms with Gasteiger partial charge >= 0.3 is 6.03 Å². The van der Waals surface area contributed by atoms with Gasteiger partial charge in [-0.25, -0.2) is 14.8 Å². The number of anilines is 1. The molecule has 1 N–H and O–H groups in total. The van der Waals surface area contributed by atoms with Crippen molar-refractivity contribution in [2.75, 3.05) is 31.1 Å². The summed E-state index contributed by atoms with van der Waals surface area (Å²) in [5.74, 6) is 1.43. The summed E-state index contributed by atoms with van der Waals surface area (Å²) in [7, 11) is 0. The van der Waals surface area contributed by atoms with Crippen LogP contribution >= 0.6 is 0 Å². The van der Waals surface area contributed by atoms with E-state index in [-0.39, 0.29) is 6.03 Å². The highest BCUT2D eigenvalue weighted by Gasteiger charge is 2.24. The Morgan fingerprint density at radius 1 is 1.24 bits per heavy atom. The minimum atomic E-state index is -0.0105. The Balaban J connectivity index is 1.49. The number of rotatable bonds is 3. The van der Waals surface area contributed by atoms with Crippen LogP contribution in [0.3, 0.4) is 0 Å². The van der Waals surface area contributed by atoms with Gasteiger partial charge in [-0.3, -0.25) is 0 Å². The third-order valence-electron chi connectivity index (χ3n) is 4.05. The van der Waals surface area contributed by atoms with Crippen molar-refractivity contribution in [1.29, 1.82) is 0 Å². The maximum absolute atomic E-state index is 12.1. The van der Waals surface area contributed by atoms with E-state index in [2.05, 4.69) is 27.1 Å². The van der Waals surface area contributed by atoms with Crippen molar-refractivity contribution < 1.29 is 4.79 Å². The Labute approximate surface area is 124 Å². The minimum Gasteiger partial charge on any atom is -0.337 e. The van der Waals surface area contributed by atoms with Gasteiger partial charge in [0.05, 0.1) is 0 Å². The van der Waals surface area contributed by atoms with Crippen LogP contribution in [0.4, 0.5) is 10.7 Å². The van der Waals surface area contributed by atoms with Crippen molar-refractivity contribution in [2.45, 2.75) is 19.8 Å². The first-order chi connectivity index (χ1) is 10.2. The van der Waals surface area contributed by atoms with Crippen LogP contribution in [0.2, 0.25) is 0 Å². The molecule has 112 valence electrons. The Morgan fingerprint density at radius 3 is 2.52 bits per heavy atom. The summed E-state index contributed by atoms with van der Waals surface area (Å²) < 4.78 is 0. The van der Waals surface area contributed by atoms with E-state index in [0.717, 1.165) is 19.0 Å². The van der Waals surface area contributed by atoms with E-state index in [4.69, 9.17) is 0 Å². The molecule has 6 nitrogen and oxygen atoms in total. The predicted molar refractivity (Wildman–Crippen MR) is 80.8 cm³/mol. The van der Waals surface area contributed by atoms with Crippen molar-refractivity contribution >= 4 is 12.0 Å². The molecule has 3 rings (SSSR count). The minimum absolute atomic E-state index is 0.0105. The van der Waals surface area contributed by atoms with Gasteiger partial charge in [-0.05, 0) is 31.7 Å². The molecule has 6 heteroatoms. The van der Waals surface area contributed by atoms with Gasteiger partial charge in [-0.2, -0.15) is 0 Å². The van der Waals surface area contributed by atoms with E-state index < -0.39 is 0 Å². The van der Waals surface area contributed by atoms with Gasteiger partial charge in [0.15, 0.2) is 0 Å². The van der Waals surface area contributed by atoms with Crippen molar-refractivity contribution in [2.24, 2.45) is 5.92 Å². The Hall–Kier alpha value is -2.11. The lowest BCUT2D eigenvalue weighted by molar-refractivity contribution is 0.198. The van der Waals surface area contributed by atoms with Gasteiger partial charge in [0, 0.05) is 44.8 Å². The summed E-state index contributed by atoms with van der Waals surface area (Å²) in [6.07, 6.45) is 7.87. The smallest absolute Gasteiger partial charge is 0.321 e. The van der Waals surface area contributed by atoms with Crippen LogP contribution in [-0.2, 0) is 0 Å². The lowest BCUT2D eigenvalue weighted by Crippen LogP contribution is -2.51. The number of piperazine rings is 1. The van der Waals surface area contributed by atoms with Gasteiger partial charge in [-0.15, -0.1) is 0 Å². The van der Waals surface area contributed by atoms with Crippen LogP contribution in [0.5, 0.6) is 0 Å². The third-order valence-corrected chi connectivity index (χ3v) is 4.05. The fraction of sp³-hybridized carbons (Fsp3) is 0.533. The molecule has 2 amide bonds. The SMILES string of the molecule is C/C(=C\NC(=O)N1CCN(c2ncccn2)CC1)C1CC1. The zero-order chi connectivity index (χ0) is 14.7. The molecule has 1 saturated carbocycles. The van der Waals surface area contributed by atoms with Crippen LogP contribution in [-0.4, -0.2) is 47.1 Å². The molecule has 0 bridgehead atoms.